The molecule has 3 nitrogen and oxygen atoms in total. The van der Waals surface area contributed by atoms with Gasteiger partial charge in [0, 0.05) is 19.8 Å². The Labute approximate surface area is 110 Å². The molecule has 0 amide bonds. The van der Waals surface area contributed by atoms with Crippen LogP contribution >= 0.6 is 0 Å². The van der Waals surface area contributed by atoms with E-state index in [1.807, 2.05) is 14.1 Å². The number of nitrogens with one attached hydrogen (secondary N) is 1. The lowest BCUT2D eigenvalue weighted by Gasteiger charge is -2.32. The zero-order chi connectivity index (χ0) is 13.0. The second kappa shape index (κ2) is 5.72. The molecule has 0 aliphatic carbocycles. The third kappa shape index (κ3) is 3.47. The molecule has 2 rings (SSSR count). The molecule has 1 aromatic rings. The Kier molecular flexibility index (Phi) is 4.25. The van der Waals surface area contributed by atoms with Crippen molar-refractivity contribution in [1.82, 2.24) is 5.32 Å². The van der Waals surface area contributed by atoms with Crippen LogP contribution < -0.4 is 10.2 Å². The first-order valence-electron chi connectivity index (χ1n) is 6.78. The summed E-state index contributed by atoms with van der Waals surface area (Å²) in [4.78, 5) is 2.10. The second-order valence-electron chi connectivity index (χ2n) is 5.54. The Hall–Kier alpha value is -1.06. The highest BCUT2D eigenvalue weighted by molar-refractivity contribution is 5.46. The first kappa shape index (κ1) is 13.4. The monoisotopic (exact) mass is 248 g/mol. The molecule has 0 aromatic heterocycles. The van der Waals surface area contributed by atoms with Crippen LogP contribution in [0.4, 0.5) is 5.69 Å². The molecule has 0 atom stereocenters. The number of aliphatic hydroxyl groups is 1. The van der Waals surface area contributed by atoms with E-state index in [1.165, 1.54) is 11.3 Å². The van der Waals surface area contributed by atoms with E-state index in [0.29, 0.717) is 0 Å². The molecular weight excluding hydrogens is 224 g/mol. The fourth-order valence-electron chi connectivity index (χ4n) is 2.48. The van der Waals surface area contributed by atoms with Crippen LogP contribution in [0.5, 0.6) is 0 Å². The minimum absolute atomic E-state index is 0.453. The molecule has 1 fully saturated rings. The predicted molar refractivity (Wildman–Crippen MR) is 76.1 cm³/mol. The highest BCUT2D eigenvalue weighted by atomic mass is 16.3. The summed E-state index contributed by atoms with van der Waals surface area (Å²) < 4.78 is 0. The van der Waals surface area contributed by atoms with Gasteiger partial charge in [0.1, 0.15) is 0 Å². The number of hydrogen-bond acceptors (Lipinski definition) is 3. The van der Waals surface area contributed by atoms with Gasteiger partial charge in [-0.1, -0.05) is 12.1 Å². The lowest BCUT2D eigenvalue weighted by atomic mass is 9.86. The van der Waals surface area contributed by atoms with Crippen LogP contribution in [-0.4, -0.2) is 37.9 Å². The first-order chi connectivity index (χ1) is 8.59. The Balaban J connectivity index is 1.89. The molecule has 3 heteroatoms. The Morgan fingerprint density at radius 3 is 2.33 bits per heavy atom. The molecule has 0 unspecified atom stereocenters. The normalized spacial score (nSPS) is 18.6. The molecule has 2 N–H and O–H groups in total. The average molecular weight is 248 g/mol. The van der Waals surface area contributed by atoms with Gasteiger partial charge < -0.3 is 15.3 Å². The summed E-state index contributed by atoms with van der Waals surface area (Å²) in [5.41, 5.74) is 2.08. The van der Waals surface area contributed by atoms with Gasteiger partial charge >= 0.3 is 0 Å². The van der Waals surface area contributed by atoms with Gasteiger partial charge in [-0.3, -0.25) is 0 Å². The summed E-state index contributed by atoms with van der Waals surface area (Å²) in [7, 11) is 4.10. The summed E-state index contributed by atoms with van der Waals surface area (Å²) >= 11 is 0. The first-order valence-corrected chi connectivity index (χ1v) is 6.78. The topological polar surface area (TPSA) is 35.5 Å². The number of rotatable bonds is 4. The minimum Gasteiger partial charge on any atom is -0.390 e. The minimum atomic E-state index is -0.453. The van der Waals surface area contributed by atoms with Crippen LogP contribution in [-0.2, 0) is 6.42 Å². The molecule has 0 radical (unpaired) electrons. The van der Waals surface area contributed by atoms with Crippen molar-refractivity contribution in [3.05, 3.63) is 29.8 Å². The molecule has 100 valence electrons. The number of nitrogens with zero attached hydrogens (tertiary/aromatic N) is 1. The van der Waals surface area contributed by atoms with Crippen molar-refractivity contribution in [2.24, 2.45) is 0 Å². The third-order valence-corrected chi connectivity index (χ3v) is 3.87. The summed E-state index contributed by atoms with van der Waals surface area (Å²) in [5.74, 6) is 0. The van der Waals surface area contributed by atoms with Crippen LogP contribution in [0.25, 0.3) is 0 Å². The standard InChI is InChI=1S/C15H24N2O/c1-17(2)14-5-3-13(4-6-14)7-8-15(18)9-11-16-12-10-15/h3-6,16,18H,7-12H2,1-2H3. The van der Waals surface area contributed by atoms with Gasteiger partial charge in [0.05, 0.1) is 5.60 Å². The number of piperidine rings is 1. The van der Waals surface area contributed by atoms with E-state index < -0.39 is 5.60 Å². The van der Waals surface area contributed by atoms with Crippen molar-refractivity contribution in [1.29, 1.82) is 0 Å². The van der Waals surface area contributed by atoms with E-state index in [9.17, 15) is 5.11 Å². The lowest BCUT2D eigenvalue weighted by molar-refractivity contribution is 0.00282. The van der Waals surface area contributed by atoms with Crippen molar-refractivity contribution < 1.29 is 5.11 Å². The predicted octanol–water partition coefficient (Wildman–Crippen LogP) is 1.80. The maximum Gasteiger partial charge on any atom is 0.0675 e. The van der Waals surface area contributed by atoms with Crippen molar-refractivity contribution in [2.45, 2.75) is 31.3 Å². The van der Waals surface area contributed by atoms with Gasteiger partial charge in [0.25, 0.3) is 0 Å². The van der Waals surface area contributed by atoms with Gasteiger partial charge in [-0.2, -0.15) is 0 Å². The summed E-state index contributed by atoms with van der Waals surface area (Å²) in [6.07, 6.45) is 3.59. The van der Waals surface area contributed by atoms with Crippen molar-refractivity contribution in [2.75, 3.05) is 32.1 Å². The summed E-state index contributed by atoms with van der Waals surface area (Å²) in [6.45, 7) is 1.88. The number of benzene rings is 1. The van der Waals surface area contributed by atoms with Gasteiger partial charge in [0.15, 0.2) is 0 Å². The second-order valence-corrected chi connectivity index (χ2v) is 5.54. The van der Waals surface area contributed by atoms with E-state index in [2.05, 4.69) is 34.5 Å². The Morgan fingerprint density at radius 2 is 1.78 bits per heavy atom. The van der Waals surface area contributed by atoms with Crippen molar-refractivity contribution >= 4 is 5.69 Å². The smallest absolute Gasteiger partial charge is 0.0675 e. The van der Waals surface area contributed by atoms with Gasteiger partial charge in [-0.15, -0.1) is 0 Å². The molecule has 18 heavy (non-hydrogen) atoms. The maximum atomic E-state index is 10.4. The number of aryl methyl sites for hydroxylation is 1. The van der Waals surface area contributed by atoms with E-state index in [1.54, 1.807) is 0 Å². The summed E-state index contributed by atoms with van der Waals surface area (Å²) in [6, 6.07) is 8.61. The van der Waals surface area contributed by atoms with E-state index in [4.69, 9.17) is 0 Å². The maximum absolute atomic E-state index is 10.4. The van der Waals surface area contributed by atoms with Crippen LogP contribution in [0.15, 0.2) is 24.3 Å². The van der Waals surface area contributed by atoms with Crippen molar-refractivity contribution in [3.8, 4) is 0 Å². The average Bonchev–Trinajstić information content (AvgIpc) is 2.38. The zero-order valence-corrected chi connectivity index (χ0v) is 11.4. The van der Waals surface area contributed by atoms with Crippen LogP contribution in [0.2, 0.25) is 0 Å². The molecule has 1 aliphatic rings. The van der Waals surface area contributed by atoms with Gasteiger partial charge in [0.2, 0.25) is 0 Å². The van der Waals surface area contributed by atoms with Gasteiger partial charge in [-0.05, 0) is 56.5 Å². The largest absolute Gasteiger partial charge is 0.390 e. The third-order valence-electron chi connectivity index (χ3n) is 3.87. The molecule has 0 saturated carbocycles. The van der Waals surface area contributed by atoms with E-state index >= 15 is 0 Å². The van der Waals surface area contributed by atoms with E-state index in [-0.39, 0.29) is 0 Å². The van der Waals surface area contributed by atoms with Crippen LogP contribution in [0.1, 0.15) is 24.8 Å². The molecular formula is C15H24N2O. The molecule has 1 aromatic carbocycles. The fraction of sp³-hybridized carbons (Fsp3) is 0.600. The SMILES string of the molecule is CN(C)c1ccc(CCC2(O)CCNCC2)cc1. The van der Waals surface area contributed by atoms with Crippen molar-refractivity contribution in [3.63, 3.8) is 0 Å². The highest BCUT2D eigenvalue weighted by Crippen LogP contribution is 2.24. The van der Waals surface area contributed by atoms with Crippen LogP contribution in [0.3, 0.4) is 0 Å². The molecule has 1 aliphatic heterocycles. The molecule has 0 bridgehead atoms. The number of hydrogen-bond donors (Lipinski definition) is 2. The Morgan fingerprint density at radius 1 is 1.17 bits per heavy atom. The molecule has 0 spiro atoms. The van der Waals surface area contributed by atoms with E-state index in [0.717, 1.165) is 38.8 Å². The molecule has 1 saturated heterocycles. The van der Waals surface area contributed by atoms with Crippen LogP contribution in [0, 0.1) is 0 Å². The van der Waals surface area contributed by atoms with Gasteiger partial charge in [-0.25, -0.2) is 0 Å². The fourth-order valence-corrected chi connectivity index (χ4v) is 2.48. The quantitative estimate of drug-likeness (QED) is 0.853. The summed E-state index contributed by atoms with van der Waals surface area (Å²) in [5, 5.41) is 13.7. The Bertz CT molecular complexity index is 367. The molecule has 1 heterocycles. The zero-order valence-electron chi connectivity index (χ0n) is 11.4. The highest BCUT2D eigenvalue weighted by Gasteiger charge is 2.28. The number of anilines is 1. The lowest BCUT2D eigenvalue weighted by Crippen LogP contribution is -2.42.